The van der Waals surface area contributed by atoms with E-state index in [1.807, 2.05) is 0 Å². The van der Waals surface area contributed by atoms with Crippen molar-refractivity contribution in [1.82, 2.24) is 5.43 Å². The highest BCUT2D eigenvalue weighted by atomic mass is 35.5. The van der Waals surface area contributed by atoms with E-state index in [9.17, 15) is 9.90 Å². The van der Waals surface area contributed by atoms with Crippen molar-refractivity contribution in [3.05, 3.63) is 57.6 Å². The quantitative estimate of drug-likeness (QED) is 0.662. The van der Waals surface area contributed by atoms with E-state index in [1.54, 1.807) is 18.2 Å². The molecule has 0 aliphatic heterocycles. The van der Waals surface area contributed by atoms with Crippen molar-refractivity contribution in [2.75, 3.05) is 7.11 Å². The summed E-state index contributed by atoms with van der Waals surface area (Å²) < 4.78 is 4.90. The van der Waals surface area contributed by atoms with E-state index in [2.05, 4.69) is 10.5 Å². The van der Waals surface area contributed by atoms with Gasteiger partial charge in [0.2, 0.25) is 0 Å². The summed E-state index contributed by atoms with van der Waals surface area (Å²) in [6.45, 7) is 0. The molecule has 22 heavy (non-hydrogen) atoms. The van der Waals surface area contributed by atoms with Crippen LogP contribution >= 0.6 is 23.2 Å². The fraction of sp³-hybridized carbons (Fsp3) is 0.0667. The largest absolute Gasteiger partial charge is 0.504 e. The van der Waals surface area contributed by atoms with Gasteiger partial charge in [0.25, 0.3) is 5.91 Å². The first kappa shape index (κ1) is 16.1. The molecule has 0 unspecified atom stereocenters. The van der Waals surface area contributed by atoms with Crippen LogP contribution in [0.25, 0.3) is 0 Å². The Morgan fingerprint density at radius 2 is 2.05 bits per heavy atom. The van der Waals surface area contributed by atoms with Gasteiger partial charge >= 0.3 is 0 Å². The number of phenols is 1. The smallest absolute Gasteiger partial charge is 0.271 e. The number of phenolic OH excluding ortho intramolecular Hbond substituents is 1. The molecule has 5 nitrogen and oxygen atoms in total. The average molecular weight is 339 g/mol. The second-order valence-electron chi connectivity index (χ2n) is 4.25. The van der Waals surface area contributed by atoms with Crippen molar-refractivity contribution in [3.8, 4) is 11.5 Å². The summed E-state index contributed by atoms with van der Waals surface area (Å²) in [5, 5.41) is 14.4. The molecular formula is C15H12Cl2N2O3. The van der Waals surface area contributed by atoms with Crippen molar-refractivity contribution in [2.45, 2.75) is 0 Å². The van der Waals surface area contributed by atoms with Gasteiger partial charge in [0, 0.05) is 16.1 Å². The van der Waals surface area contributed by atoms with Gasteiger partial charge in [-0.3, -0.25) is 4.79 Å². The number of carbonyl (C=O) groups excluding carboxylic acids is 1. The van der Waals surface area contributed by atoms with Crippen LogP contribution in [-0.4, -0.2) is 24.3 Å². The number of halogens is 2. The molecule has 0 fully saturated rings. The summed E-state index contributed by atoms with van der Waals surface area (Å²) in [6.07, 6.45) is 1.40. The highest BCUT2D eigenvalue weighted by molar-refractivity contribution is 6.36. The number of hydrogen-bond donors (Lipinski definition) is 2. The normalized spacial score (nSPS) is 10.7. The van der Waals surface area contributed by atoms with Crippen LogP contribution in [0.4, 0.5) is 0 Å². The number of carbonyl (C=O) groups is 1. The predicted molar refractivity (Wildman–Crippen MR) is 86.2 cm³/mol. The van der Waals surface area contributed by atoms with Gasteiger partial charge in [0.1, 0.15) is 0 Å². The summed E-state index contributed by atoms with van der Waals surface area (Å²) in [6, 6.07) is 9.22. The zero-order valence-electron chi connectivity index (χ0n) is 11.5. The molecular weight excluding hydrogens is 327 g/mol. The topological polar surface area (TPSA) is 70.9 Å². The van der Waals surface area contributed by atoms with Crippen LogP contribution in [0, 0.1) is 0 Å². The molecule has 0 saturated heterocycles. The number of hydrogen-bond acceptors (Lipinski definition) is 4. The molecule has 0 spiro atoms. The number of nitrogens with zero attached hydrogens (tertiary/aromatic N) is 1. The molecule has 0 aliphatic rings. The number of methoxy groups -OCH3 is 1. The summed E-state index contributed by atoms with van der Waals surface area (Å²) >= 11 is 11.8. The van der Waals surface area contributed by atoms with Crippen LogP contribution in [0.5, 0.6) is 11.5 Å². The van der Waals surface area contributed by atoms with Crippen molar-refractivity contribution < 1.29 is 14.6 Å². The Labute approximate surface area is 137 Å². The molecule has 114 valence electrons. The Morgan fingerprint density at radius 3 is 2.68 bits per heavy atom. The standard InChI is InChI=1S/C15H12Cl2N2O3/c1-22-14-5-3-9(6-13(14)20)15(21)19-18-8-10-2-4-11(16)7-12(10)17/h2-8,20H,1H3,(H,19,21). The molecule has 0 bridgehead atoms. The number of benzene rings is 2. The van der Waals surface area contributed by atoms with E-state index in [0.29, 0.717) is 15.6 Å². The molecule has 0 aromatic heterocycles. The lowest BCUT2D eigenvalue weighted by atomic mass is 10.2. The first-order chi connectivity index (χ1) is 10.5. The van der Waals surface area contributed by atoms with E-state index >= 15 is 0 Å². The Bertz CT molecular complexity index is 733. The van der Waals surface area contributed by atoms with E-state index in [-0.39, 0.29) is 17.1 Å². The van der Waals surface area contributed by atoms with Crippen LogP contribution < -0.4 is 10.2 Å². The van der Waals surface area contributed by atoms with Gasteiger partial charge < -0.3 is 9.84 Å². The van der Waals surface area contributed by atoms with E-state index in [1.165, 1.54) is 31.5 Å². The summed E-state index contributed by atoms with van der Waals surface area (Å²) in [5.74, 6) is -0.313. The fourth-order valence-electron chi connectivity index (χ4n) is 1.66. The first-order valence-electron chi connectivity index (χ1n) is 6.16. The van der Waals surface area contributed by atoms with Crippen molar-refractivity contribution in [2.24, 2.45) is 5.10 Å². The lowest BCUT2D eigenvalue weighted by molar-refractivity contribution is 0.0954. The predicted octanol–water partition coefficient (Wildman–Crippen LogP) is 3.47. The summed E-state index contributed by atoms with van der Waals surface area (Å²) in [5.41, 5.74) is 3.20. The minimum atomic E-state index is -0.473. The molecule has 2 aromatic rings. The lowest BCUT2D eigenvalue weighted by Gasteiger charge is -2.05. The third kappa shape index (κ3) is 3.90. The second kappa shape index (κ2) is 7.15. The summed E-state index contributed by atoms with van der Waals surface area (Å²) in [7, 11) is 1.43. The number of amides is 1. The van der Waals surface area contributed by atoms with Crippen LogP contribution in [0.15, 0.2) is 41.5 Å². The fourth-order valence-corrected chi connectivity index (χ4v) is 2.12. The number of nitrogens with one attached hydrogen (secondary N) is 1. The maximum Gasteiger partial charge on any atom is 0.271 e. The molecule has 7 heteroatoms. The van der Waals surface area contributed by atoms with E-state index < -0.39 is 5.91 Å². The van der Waals surface area contributed by atoms with Gasteiger partial charge in [-0.05, 0) is 30.3 Å². The van der Waals surface area contributed by atoms with Crippen molar-refractivity contribution >= 4 is 35.3 Å². The number of rotatable bonds is 4. The molecule has 0 atom stereocenters. The molecule has 0 heterocycles. The molecule has 2 rings (SSSR count). The highest BCUT2D eigenvalue weighted by Gasteiger charge is 2.08. The first-order valence-corrected chi connectivity index (χ1v) is 6.92. The second-order valence-corrected chi connectivity index (χ2v) is 5.10. The summed E-state index contributed by atoms with van der Waals surface area (Å²) in [4.78, 5) is 11.9. The van der Waals surface area contributed by atoms with Gasteiger partial charge in [0.15, 0.2) is 11.5 Å². The third-order valence-corrected chi connectivity index (χ3v) is 3.34. The number of aromatic hydroxyl groups is 1. The number of ether oxygens (including phenoxy) is 1. The maximum atomic E-state index is 11.9. The average Bonchev–Trinajstić information content (AvgIpc) is 2.49. The minimum absolute atomic E-state index is 0.125. The van der Waals surface area contributed by atoms with Crippen LogP contribution in [-0.2, 0) is 0 Å². The maximum absolute atomic E-state index is 11.9. The van der Waals surface area contributed by atoms with E-state index in [4.69, 9.17) is 27.9 Å². The van der Waals surface area contributed by atoms with Crippen LogP contribution in [0.3, 0.4) is 0 Å². The molecule has 2 aromatic carbocycles. The zero-order valence-corrected chi connectivity index (χ0v) is 13.0. The monoisotopic (exact) mass is 338 g/mol. The SMILES string of the molecule is COc1ccc(C(=O)NN=Cc2ccc(Cl)cc2Cl)cc1O. The third-order valence-electron chi connectivity index (χ3n) is 2.77. The van der Waals surface area contributed by atoms with Gasteiger partial charge in [0.05, 0.1) is 18.3 Å². The lowest BCUT2D eigenvalue weighted by Crippen LogP contribution is -2.17. The Balaban J connectivity index is 2.06. The molecule has 0 aliphatic carbocycles. The Morgan fingerprint density at radius 1 is 1.27 bits per heavy atom. The van der Waals surface area contributed by atoms with Gasteiger partial charge in [-0.1, -0.05) is 29.3 Å². The van der Waals surface area contributed by atoms with Gasteiger partial charge in [-0.25, -0.2) is 5.43 Å². The minimum Gasteiger partial charge on any atom is -0.504 e. The van der Waals surface area contributed by atoms with E-state index in [0.717, 1.165) is 0 Å². The van der Waals surface area contributed by atoms with Gasteiger partial charge in [-0.2, -0.15) is 5.10 Å². The molecule has 0 saturated carbocycles. The Kier molecular flexibility index (Phi) is 5.25. The molecule has 0 radical (unpaired) electrons. The highest BCUT2D eigenvalue weighted by Crippen LogP contribution is 2.26. The van der Waals surface area contributed by atoms with Crippen LogP contribution in [0.1, 0.15) is 15.9 Å². The van der Waals surface area contributed by atoms with Crippen molar-refractivity contribution in [3.63, 3.8) is 0 Å². The number of hydrazone groups is 1. The van der Waals surface area contributed by atoms with Crippen molar-refractivity contribution in [1.29, 1.82) is 0 Å². The molecule has 2 N–H and O–H groups in total. The van der Waals surface area contributed by atoms with Gasteiger partial charge in [-0.15, -0.1) is 0 Å². The zero-order chi connectivity index (χ0) is 16.1. The molecule has 1 amide bonds. The Hall–Kier alpha value is -2.24. The van der Waals surface area contributed by atoms with Crippen LogP contribution in [0.2, 0.25) is 10.0 Å².